The highest BCUT2D eigenvalue weighted by Crippen LogP contribution is 2.19. The van der Waals surface area contributed by atoms with Gasteiger partial charge in [-0.25, -0.2) is 4.79 Å². The van der Waals surface area contributed by atoms with Crippen molar-refractivity contribution in [3.05, 3.63) is 56.7 Å². The molecule has 0 saturated heterocycles. The van der Waals surface area contributed by atoms with Gasteiger partial charge in [-0.05, 0) is 23.6 Å². The SMILES string of the molecule is NCC#Cc1ccsc1Cn1c(=O)oc2ccccc21. The van der Waals surface area contributed by atoms with Gasteiger partial charge in [-0.3, -0.25) is 4.57 Å². The van der Waals surface area contributed by atoms with E-state index in [-0.39, 0.29) is 5.76 Å². The summed E-state index contributed by atoms with van der Waals surface area (Å²) in [7, 11) is 0. The molecule has 2 heterocycles. The van der Waals surface area contributed by atoms with Gasteiger partial charge in [-0.2, -0.15) is 0 Å². The second kappa shape index (κ2) is 5.37. The van der Waals surface area contributed by atoms with Gasteiger partial charge in [0.25, 0.3) is 0 Å². The van der Waals surface area contributed by atoms with Crippen molar-refractivity contribution >= 4 is 22.4 Å². The molecule has 3 rings (SSSR count). The fourth-order valence-electron chi connectivity index (χ4n) is 2.03. The van der Waals surface area contributed by atoms with E-state index in [0.717, 1.165) is 16.0 Å². The van der Waals surface area contributed by atoms with Gasteiger partial charge in [0.05, 0.1) is 18.6 Å². The summed E-state index contributed by atoms with van der Waals surface area (Å²) in [6.45, 7) is 0.784. The van der Waals surface area contributed by atoms with Crippen LogP contribution in [0.1, 0.15) is 10.4 Å². The predicted octanol–water partition coefficient (Wildman–Crippen LogP) is 2.01. The van der Waals surface area contributed by atoms with Gasteiger partial charge >= 0.3 is 5.76 Å². The molecule has 0 aliphatic rings. The van der Waals surface area contributed by atoms with E-state index in [1.807, 2.05) is 29.6 Å². The molecule has 2 N–H and O–H groups in total. The quantitative estimate of drug-likeness (QED) is 0.732. The van der Waals surface area contributed by atoms with E-state index >= 15 is 0 Å². The molecule has 5 heteroatoms. The highest BCUT2D eigenvalue weighted by molar-refractivity contribution is 7.10. The highest BCUT2D eigenvalue weighted by atomic mass is 32.1. The van der Waals surface area contributed by atoms with Crippen LogP contribution in [-0.2, 0) is 6.54 Å². The summed E-state index contributed by atoms with van der Waals surface area (Å²) in [5.74, 6) is 5.51. The molecule has 0 atom stereocenters. The number of para-hydroxylation sites is 2. The van der Waals surface area contributed by atoms with Crippen molar-refractivity contribution < 1.29 is 4.42 Å². The van der Waals surface area contributed by atoms with Gasteiger partial charge in [0.15, 0.2) is 5.58 Å². The molecule has 20 heavy (non-hydrogen) atoms. The van der Waals surface area contributed by atoms with Gasteiger partial charge in [-0.15, -0.1) is 11.3 Å². The third-order valence-electron chi connectivity index (χ3n) is 2.95. The Labute approximate surface area is 119 Å². The second-order valence-corrected chi connectivity index (χ2v) is 5.19. The van der Waals surface area contributed by atoms with E-state index in [1.165, 1.54) is 0 Å². The lowest BCUT2D eigenvalue weighted by Crippen LogP contribution is -2.14. The summed E-state index contributed by atoms with van der Waals surface area (Å²) in [6, 6.07) is 9.34. The average molecular weight is 284 g/mol. The lowest BCUT2D eigenvalue weighted by Gasteiger charge is -2.00. The van der Waals surface area contributed by atoms with E-state index in [2.05, 4.69) is 11.8 Å². The molecule has 0 saturated carbocycles. The minimum Gasteiger partial charge on any atom is -0.408 e. The lowest BCUT2D eigenvalue weighted by molar-refractivity contribution is 0.518. The zero-order valence-electron chi connectivity index (χ0n) is 10.6. The van der Waals surface area contributed by atoms with E-state index in [1.54, 1.807) is 22.0 Å². The first kappa shape index (κ1) is 12.7. The summed E-state index contributed by atoms with van der Waals surface area (Å²) in [4.78, 5) is 13.0. The van der Waals surface area contributed by atoms with Crippen LogP contribution in [0.3, 0.4) is 0 Å². The Hall–Kier alpha value is -2.29. The Morgan fingerprint density at radius 2 is 2.15 bits per heavy atom. The largest absolute Gasteiger partial charge is 0.420 e. The minimum absolute atomic E-state index is 0.323. The van der Waals surface area contributed by atoms with Gasteiger partial charge in [0, 0.05) is 10.4 Å². The number of rotatable bonds is 2. The zero-order valence-corrected chi connectivity index (χ0v) is 11.4. The summed E-state index contributed by atoms with van der Waals surface area (Å²) in [5.41, 5.74) is 7.70. The van der Waals surface area contributed by atoms with Crippen molar-refractivity contribution in [2.24, 2.45) is 5.73 Å². The van der Waals surface area contributed by atoms with Crippen molar-refractivity contribution in [2.45, 2.75) is 6.54 Å². The summed E-state index contributed by atoms with van der Waals surface area (Å²) in [6.07, 6.45) is 0. The number of aromatic nitrogens is 1. The summed E-state index contributed by atoms with van der Waals surface area (Å²) in [5, 5.41) is 1.96. The van der Waals surface area contributed by atoms with Crippen LogP contribution in [0, 0.1) is 11.8 Å². The Morgan fingerprint density at radius 1 is 1.30 bits per heavy atom. The fraction of sp³-hybridized carbons (Fsp3) is 0.133. The second-order valence-electron chi connectivity index (χ2n) is 4.19. The first-order chi connectivity index (χ1) is 9.79. The fourth-order valence-corrected chi connectivity index (χ4v) is 2.85. The molecule has 100 valence electrons. The molecule has 4 nitrogen and oxygen atoms in total. The molecule has 0 fully saturated rings. The molecular weight excluding hydrogens is 272 g/mol. The lowest BCUT2D eigenvalue weighted by atomic mass is 10.2. The number of nitrogens with zero attached hydrogens (tertiary/aromatic N) is 1. The van der Waals surface area contributed by atoms with E-state index in [0.29, 0.717) is 18.7 Å². The number of fused-ring (bicyclic) bond motifs is 1. The molecule has 3 aromatic rings. The zero-order chi connectivity index (χ0) is 13.9. The van der Waals surface area contributed by atoms with Crippen LogP contribution in [0.4, 0.5) is 0 Å². The molecule has 0 radical (unpaired) electrons. The molecule has 0 aliphatic heterocycles. The van der Waals surface area contributed by atoms with E-state index < -0.39 is 0 Å². The van der Waals surface area contributed by atoms with E-state index in [9.17, 15) is 4.79 Å². The van der Waals surface area contributed by atoms with Crippen molar-refractivity contribution in [1.82, 2.24) is 4.57 Å². The Bertz CT molecular complexity index is 861. The maximum absolute atomic E-state index is 11.9. The van der Waals surface area contributed by atoms with Crippen molar-refractivity contribution in [1.29, 1.82) is 0 Å². The van der Waals surface area contributed by atoms with Crippen LogP contribution in [0.5, 0.6) is 0 Å². The van der Waals surface area contributed by atoms with Crippen LogP contribution in [0.15, 0.2) is 44.9 Å². The Kier molecular flexibility index (Phi) is 3.42. The maximum Gasteiger partial charge on any atom is 0.420 e. The average Bonchev–Trinajstić information content (AvgIpc) is 3.02. The number of benzene rings is 1. The van der Waals surface area contributed by atoms with Crippen molar-refractivity contribution in [3.8, 4) is 11.8 Å². The molecule has 0 bridgehead atoms. The molecular formula is C15H12N2O2S. The third-order valence-corrected chi connectivity index (χ3v) is 3.85. The number of oxazole rings is 1. The summed E-state index contributed by atoms with van der Waals surface area (Å²) >= 11 is 1.57. The van der Waals surface area contributed by atoms with Gasteiger partial charge in [0.2, 0.25) is 0 Å². The van der Waals surface area contributed by atoms with Crippen molar-refractivity contribution in [2.75, 3.05) is 6.54 Å². The van der Waals surface area contributed by atoms with Gasteiger partial charge < -0.3 is 10.2 Å². The first-order valence-corrected chi connectivity index (χ1v) is 7.01. The standard InChI is InChI=1S/C15H12N2O2S/c16-8-3-4-11-7-9-20-14(11)10-17-12-5-1-2-6-13(12)19-15(17)18/h1-2,5-7,9H,8,10,16H2. The van der Waals surface area contributed by atoms with Crippen molar-refractivity contribution in [3.63, 3.8) is 0 Å². The first-order valence-electron chi connectivity index (χ1n) is 6.13. The van der Waals surface area contributed by atoms with Crippen LogP contribution >= 0.6 is 11.3 Å². The van der Waals surface area contributed by atoms with Crippen LogP contribution in [0.2, 0.25) is 0 Å². The predicted molar refractivity (Wildman–Crippen MR) is 79.8 cm³/mol. The third kappa shape index (κ3) is 2.27. The number of hydrogen-bond donors (Lipinski definition) is 1. The Morgan fingerprint density at radius 3 is 3.00 bits per heavy atom. The maximum atomic E-state index is 11.9. The molecule has 2 aromatic heterocycles. The van der Waals surface area contributed by atoms with Gasteiger partial charge in [0.1, 0.15) is 0 Å². The van der Waals surface area contributed by atoms with Crippen LogP contribution < -0.4 is 11.5 Å². The number of thiophene rings is 1. The molecule has 0 unspecified atom stereocenters. The topological polar surface area (TPSA) is 61.2 Å². The van der Waals surface area contributed by atoms with E-state index in [4.69, 9.17) is 10.2 Å². The minimum atomic E-state index is -0.350. The summed E-state index contributed by atoms with van der Waals surface area (Å²) < 4.78 is 6.84. The van der Waals surface area contributed by atoms with Crippen LogP contribution in [-0.4, -0.2) is 11.1 Å². The Balaban J connectivity index is 2.04. The number of nitrogens with two attached hydrogens (primary N) is 1. The molecule has 1 aromatic carbocycles. The molecule has 0 aliphatic carbocycles. The normalized spacial score (nSPS) is 10.4. The van der Waals surface area contributed by atoms with Crippen LogP contribution in [0.25, 0.3) is 11.1 Å². The molecule has 0 amide bonds. The monoisotopic (exact) mass is 284 g/mol. The highest BCUT2D eigenvalue weighted by Gasteiger charge is 2.11. The number of hydrogen-bond acceptors (Lipinski definition) is 4. The molecule has 0 spiro atoms. The van der Waals surface area contributed by atoms with Gasteiger partial charge in [-0.1, -0.05) is 24.0 Å². The smallest absolute Gasteiger partial charge is 0.408 e.